The number of nitrogens with one attached hydrogen (secondary N) is 1. The molecule has 1 saturated heterocycles. The van der Waals surface area contributed by atoms with Crippen LogP contribution in [0.15, 0.2) is 78.9 Å². The van der Waals surface area contributed by atoms with E-state index in [9.17, 15) is 4.79 Å². The second kappa shape index (κ2) is 17.2. The first-order valence-electron chi connectivity index (χ1n) is 16.6. The van der Waals surface area contributed by atoms with Gasteiger partial charge in [0.1, 0.15) is 11.4 Å². The number of carbonyl (C=O) groups excluding carboxylic acids is 1. The minimum Gasteiger partial charge on any atom is -0.496 e. The van der Waals surface area contributed by atoms with E-state index >= 15 is 0 Å². The van der Waals surface area contributed by atoms with Crippen LogP contribution < -0.4 is 10.1 Å². The number of likely N-dealkylation sites (tertiary alicyclic amines) is 1. The van der Waals surface area contributed by atoms with Crippen molar-refractivity contribution in [1.29, 1.82) is 0 Å². The van der Waals surface area contributed by atoms with Crippen LogP contribution in [0.1, 0.15) is 70.8 Å². The zero-order valence-electron chi connectivity index (χ0n) is 27.4. The van der Waals surface area contributed by atoms with Crippen molar-refractivity contribution in [2.75, 3.05) is 45.7 Å². The molecule has 0 bridgehead atoms. The number of unbranched alkanes of at least 4 members (excludes halogenated alkanes) is 5. The third-order valence-electron chi connectivity index (χ3n) is 9.20. The van der Waals surface area contributed by atoms with Crippen LogP contribution in [0.5, 0.6) is 5.75 Å². The Morgan fingerprint density at radius 2 is 1.52 bits per heavy atom. The average Bonchev–Trinajstić information content (AvgIpc) is 3.04. The molecule has 0 spiro atoms. The molecule has 1 aliphatic rings. The fraction of sp³-hybridized carbons (Fsp3) is 0.500. The molecule has 1 fully saturated rings. The number of para-hydroxylation sites is 2. The first kappa shape index (κ1) is 33.5. The molecular weight excluding hydrogens is 546 g/mol. The summed E-state index contributed by atoms with van der Waals surface area (Å²) in [4.78, 5) is 17.9. The lowest BCUT2D eigenvalue weighted by Gasteiger charge is -2.38. The van der Waals surface area contributed by atoms with Gasteiger partial charge in [-0.1, -0.05) is 92.4 Å². The minimum absolute atomic E-state index is 0.374. The molecule has 1 amide bonds. The number of benzene rings is 3. The molecule has 3 aromatic carbocycles. The summed E-state index contributed by atoms with van der Waals surface area (Å²) in [6, 6.07) is 26.8. The van der Waals surface area contributed by atoms with Crippen LogP contribution in [0.25, 0.3) is 11.1 Å². The second-order valence-corrected chi connectivity index (χ2v) is 12.7. The molecule has 1 aliphatic heterocycles. The highest BCUT2D eigenvalue weighted by Crippen LogP contribution is 2.30. The Balaban J connectivity index is 1.06. The van der Waals surface area contributed by atoms with Crippen molar-refractivity contribution in [2.45, 2.75) is 83.3 Å². The van der Waals surface area contributed by atoms with Gasteiger partial charge < -0.3 is 19.3 Å². The van der Waals surface area contributed by atoms with Gasteiger partial charge in [-0.05, 0) is 89.3 Å². The molecule has 3 aromatic rings. The number of methoxy groups -OCH3 is 1. The molecule has 6 heteroatoms. The lowest BCUT2D eigenvalue weighted by atomic mass is 9.93. The van der Waals surface area contributed by atoms with Gasteiger partial charge in [-0.3, -0.25) is 5.32 Å². The van der Waals surface area contributed by atoms with E-state index in [4.69, 9.17) is 9.47 Å². The van der Waals surface area contributed by atoms with Gasteiger partial charge in [-0.25, -0.2) is 4.79 Å². The van der Waals surface area contributed by atoms with Crippen molar-refractivity contribution < 1.29 is 14.3 Å². The van der Waals surface area contributed by atoms with Crippen LogP contribution in [0.3, 0.4) is 0 Å². The molecule has 0 aromatic heterocycles. The van der Waals surface area contributed by atoms with Crippen LogP contribution in [0.4, 0.5) is 10.5 Å². The van der Waals surface area contributed by atoms with Crippen LogP contribution >= 0.6 is 0 Å². The summed E-state index contributed by atoms with van der Waals surface area (Å²) in [7, 11) is 3.99. The van der Waals surface area contributed by atoms with Gasteiger partial charge in [0.15, 0.2) is 0 Å². The molecule has 0 radical (unpaired) electrons. The zero-order chi connectivity index (χ0) is 31.2. The van der Waals surface area contributed by atoms with Crippen molar-refractivity contribution in [2.24, 2.45) is 0 Å². The molecular formula is C38H53N3O3. The maximum absolute atomic E-state index is 12.9. The second-order valence-electron chi connectivity index (χ2n) is 12.7. The fourth-order valence-electron chi connectivity index (χ4n) is 6.14. The highest BCUT2D eigenvalue weighted by Gasteiger charge is 2.33. The van der Waals surface area contributed by atoms with Gasteiger partial charge in [0.2, 0.25) is 0 Å². The third-order valence-corrected chi connectivity index (χ3v) is 9.20. The number of hydrogen-bond acceptors (Lipinski definition) is 5. The van der Waals surface area contributed by atoms with E-state index < -0.39 is 5.60 Å². The molecule has 6 nitrogen and oxygen atoms in total. The van der Waals surface area contributed by atoms with Gasteiger partial charge in [-0.15, -0.1) is 0 Å². The summed E-state index contributed by atoms with van der Waals surface area (Å²) in [6.07, 6.45) is 10.1. The number of nitrogens with zero attached hydrogens (tertiary/aromatic N) is 2. The molecule has 4 rings (SSSR count). The molecule has 44 heavy (non-hydrogen) atoms. The fourth-order valence-corrected chi connectivity index (χ4v) is 6.14. The Hall–Kier alpha value is -3.35. The molecule has 1 atom stereocenters. The lowest BCUT2D eigenvalue weighted by molar-refractivity contribution is -0.0163. The van der Waals surface area contributed by atoms with Gasteiger partial charge in [0, 0.05) is 24.7 Å². The van der Waals surface area contributed by atoms with Crippen molar-refractivity contribution in [3.63, 3.8) is 0 Å². The molecule has 0 aliphatic carbocycles. The first-order valence-corrected chi connectivity index (χ1v) is 16.6. The van der Waals surface area contributed by atoms with Crippen LogP contribution in [0.2, 0.25) is 0 Å². The van der Waals surface area contributed by atoms with Crippen molar-refractivity contribution in [3.8, 4) is 16.9 Å². The third kappa shape index (κ3) is 10.4. The first-order chi connectivity index (χ1) is 21.4. The maximum atomic E-state index is 12.9. The highest BCUT2D eigenvalue weighted by molar-refractivity contribution is 5.91. The normalized spacial score (nSPS) is 15.6. The van der Waals surface area contributed by atoms with Crippen molar-refractivity contribution >= 4 is 11.8 Å². The van der Waals surface area contributed by atoms with Gasteiger partial charge in [0.25, 0.3) is 0 Å². The van der Waals surface area contributed by atoms with Gasteiger partial charge in [0.05, 0.1) is 12.8 Å². The van der Waals surface area contributed by atoms with E-state index in [-0.39, 0.29) is 6.09 Å². The van der Waals surface area contributed by atoms with Crippen LogP contribution in [-0.2, 0) is 11.2 Å². The number of amides is 1. The number of likely N-dealkylation sites (N-methyl/N-ethyl adjacent to an activating group) is 1. The Morgan fingerprint density at radius 3 is 2.27 bits per heavy atom. The van der Waals surface area contributed by atoms with Crippen LogP contribution in [0, 0.1) is 0 Å². The molecule has 238 valence electrons. The van der Waals surface area contributed by atoms with Crippen LogP contribution in [-0.4, -0.2) is 67.9 Å². The maximum Gasteiger partial charge on any atom is 0.412 e. The number of ether oxygens (including phenoxy) is 2. The highest BCUT2D eigenvalue weighted by atomic mass is 16.6. The monoisotopic (exact) mass is 599 g/mol. The predicted molar refractivity (Wildman–Crippen MR) is 183 cm³/mol. The van der Waals surface area contributed by atoms with Crippen molar-refractivity contribution in [1.82, 2.24) is 9.80 Å². The van der Waals surface area contributed by atoms with Gasteiger partial charge >= 0.3 is 6.09 Å². The largest absolute Gasteiger partial charge is 0.496 e. The predicted octanol–water partition coefficient (Wildman–Crippen LogP) is 8.67. The zero-order valence-corrected chi connectivity index (χ0v) is 27.4. The van der Waals surface area contributed by atoms with E-state index in [0.29, 0.717) is 6.04 Å². The Kier molecular flexibility index (Phi) is 13.1. The summed E-state index contributed by atoms with van der Waals surface area (Å²) in [5.74, 6) is 0.990. The van der Waals surface area contributed by atoms with E-state index in [1.54, 1.807) is 7.11 Å². The molecule has 0 saturated carbocycles. The molecule has 1 N–H and O–H groups in total. The topological polar surface area (TPSA) is 54.0 Å². The lowest BCUT2D eigenvalue weighted by Crippen LogP contribution is -2.46. The molecule has 1 unspecified atom stereocenters. The Bertz CT molecular complexity index is 1270. The molecule has 1 heterocycles. The summed E-state index contributed by atoms with van der Waals surface area (Å²) >= 11 is 0. The number of carbonyl (C=O) groups is 1. The van der Waals surface area contributed by atoms with Crippen molar-refractivity contribution in [3.05, 3.63) is 84.4 Å². The van der Waals surface area contributed by atoms with E-state index in [2.05, 4.69) is 60.3 Å². The quantitative estimate of drug-likeness (QED) is 0.167. The summed E-state index contributed by atoms with van der Waals surface area (Å²) in [5.41, 5.74) is 3.69. The van der Waals surface area contributed by atoms with Gasteiger partial charge in [-0.2, -0.15) is 0 Å². The number of rotatable bonds is 16. The summed E-state index contributed by atoms with van der Waals surface area (Å²) < 4.78 is 11.5. The number of hydrogen-bond donors (Lipinski definition) is 1. The number of anilines is 1. The smallest absolute Gasteiger partial charge is 0.412 e. The van der Waals surface area contributed by atoms with E-state index in [0.717, 1.165) is 68.0 Å². The SMILES string of the molecule is COc1ccccc1CC(C)N(C)CCCCCCCCN1CCC(C)(OC(=O)Nc2ccccc2-c2ccccc2)CC1. The standard InChI is InChI=1S/C38H53N3O3/c1-31(30-33-20-12-15-23-36(33)43-4)40(3)26-16-7-5-6-8-17-27-41-28-24-38(2,25-29-41)44-37(42)39-35-22-14-13-21-34(35)32-18-10-9-11-19-32/h9-15,18-23,31H,5-8,16-17,24-30H2,1-4H3,(H,39,42). The summed E-state index contributed by atoms with van der Waals surface area (Å²) in [6.45, 7) is 8.61. The van der Waals surface area contributed by atoms with E-state index in [1.807, 2.05) is 54.6 Å². The number of piperidine rings is 1. The minimum atomic E-state index is -0.430. The summed E-state index contributed by atoms with van der Waals surface area (Å²) in [5, 5.41) is 3.00. The Morgan fingerprint density at radius 1 is 0.886 bits per heavy atom. The van der Waals surface area contributed by atoms with E-state index in [1.165, 1.54) is 44.1 Å². The Labute approximate surface area is 265 Å². The average molecular weight is 600 g/mol.